The summed E-state index contributed by atoms with van der Waals surface area (Å²) in [5.74, 6) is 0.263. The zero-order chi connectivity index (χ0) is 25.2. The van der Waals surface area contributed by atoms with Gasteiger partial charge in [0.05, 0.1) is 5.60 Å². The number of alkyl halides is 3. The zero-order valence-electron chi connectivity index (χ0n) is 20.1. The van der Waals surface area contributed by atoms with E-state index in [2.05, 4.69) is 0 Å². The Morgan fingerprint density at radius 2 is 1.83 bits per heavy atom. The van der Waals surface area contributed by atoms with Gasteiger partial charge in [0.15, 0.2) is 11.6 Å². The molecular weight excluding hydrogens is 453 g/mol. The quantitative estimate of drug-likeness (QED) is 0.387. The molecule has 0 radical (unpaired) electrons. The molecule has 4 aliphatic rings. The van der Waals surface area contributed by atoms with E-state index in [-0.39, 0.29) is 35.4 Å². The van der Waals surface area contributed by atoms with E-state index in [4.69, 9.17) is 0 Å². The first kappa shape index (κ1) is 24.2. The van der Waals surface area contributed by atoms with Crippen LogP contribution in [-0.2, 0) is 4.79 Å². The fraction of sp³-hybridized carbons (Fsp3) is 0.517. The average Bonchev–Trinajstić information content (AvgIpc) is 3.07. The topological polar surface area (TPSA) is 54.4 Å². The van der Waals surface area contributed by atoms with Crippen LogP contribution in [0, 0.1) is 17.3 Å². The van der Waals surface area contributed by atoms with Gasteiger partial charge in [-0.2, -0.15) is 13.2 Å². The van der Waals surface area contributed by atoms with Crippen LogP contribution in [0.2, 0.25) is 0 Å². The van der Waals surface area contributed by atoms with Crippen molar-refractivity contribution in [1.82, 2.24) is 0 Å². The Balaban J connectivity index is 1.64. The summed E-state index contributed by atoms with van der Waals surface area (Å²) < 4.78 is 39.3. The van der Waals surface area contributed by atoms with Crippen molar-refractivity contribution in [3.8, 4) is 0 Å². The summed E-state index contributed by atoms with van der Waals surface area (Å²) in [6.07, 6.45) is 2.78. The smallest absolute Gasteiger partial charge is 0.385 e. The van der Waals surface area contributed by atoms with E-state index in [1.807, 2.05) is 19.1 Å². The van der Waals surface area contributed by atoms with E-state index in [0.29, 0.717) is 37.7 Å². The Morgan fingerprint density at radius 3 is 2.49 bits per heavy atom. The van der Waals surface area contributed by atoms with Crippen LogP contribution < -0.4 is 0 Å². The first-order valence-corrected chi connectivity index (χ1v) is 12.5. The number of aliphatic hydroxyl groups is 1. The van der Waals surface area contributed by atoms with Crippen LogP contribution in [0.1, 0.15) is 80.6 Å². The van der Waals surface area contributed by atoms with Crippen LogP contribution in [0.15, 0.2) is 59.2 Å². The predicted octanol–water partition coefficient (Wildman–Crippen LogP) is 6.64. The van der Waals surface area contributed by atoms with Gasteiger partial charge in [-0.3, -0.25) is 9.59 Å². The van der Waals surface area contributed by atoms with E-state index >= 15 is 0 Å². The van der Waals surface area contributed by atoms with E-state index in [0.717, 1.165) is 30.1 Å². The van der Waals surface area contributed by atoms with Crippen molar-refractivity contribution in [3.05, 3.63) is 70.3 Å². The summed E-state index contributed by atoms with van der Waals surface area (Å²) in [4.78, 5) is 24.0. The third kappa shape index (κ3) is 4.04. The van der Waals surface area contributed by atoms with Gasteiger partial charge in [0, 0.05) is 29.4 Å². The van der Waals surface area contributed by atoms with Crippen molar-refractivity contribution < 1.29 is 27.9 Å². The number of hydrogen-bond donors (Lipinski definition) is 1. The van der Waals surface area contributed by atoms with Gasteiger partial charge in [0.2, 0.25) is 0 Å². The summed E-state index contributed by atoms with van der Waals surface area (Å²) in [7, 11) is 0. The number of Topliss-reactive ketones (excluding diaryl/α,β-unsaturated/α-hetero) is 1. The maximum atomic E-state index is 13.1. The second-order valence-corrected chi connectivity index (χ2v) is 11.0. The highest BCUT2D eigenvalue weighted by Gasteiger charge is 2.62. The highest BCUT2D eigenvalue weighted by Crippen LogP contribution is 2.67. The monoisotopic (exact) mass is 484 g/mol. The lowest BCUT2D eigenvalue weighted by atomic mass is 9.51. The molecule has 0 bridgehead atoms. The summed E-state index contributed by atoms with van der Waals surface area (Å²) in [5.41, 5.74) is 3.00. The third-order valence-corrected chi connectivity index (χ3v) is 9.22. The van der Waals surface area contributed by atoms with Gasteiger partial charge in [-0.05, 0) is 86.1 Å². The molecule has 5 rings (SSSR count). The summed E-state index contributed by atoms with van der Waals surface area (Å²) in [6.45, 7) is 3.48. The lowest BCUT2D eigenvalue weighted by Crippen LogP contribution is -2.50. The molecule has 0 spiro atoms. The number of rotatable bonds is 3. The molecule has 1 aromatic carbocycles. The number of fused-ring (bicyclic) bond motifs is 4. The normalized spacial score (nSPS) is 35.0. The third-order valence-electron chi connectivity index (χ3n) is 9.22. The number of allylic oxidation sites excluding steroid dienone is 5. The molecule has 2 unspecified atom stereocenters. The Morgan fingerprint density at radius 1 is 1.11 bits per heavy atom. The fourth-order valence-electron chi connectivity index (χ4n) is 7.45. The first-order chi connectivity index (χ1) is 16.4. The molecule has 0 amide bonds. The van der Waals surface area contributed by atoms with Gasteiger partial charge < -0.3 is 5.11 Å². The van der Waals surface area contributed by atoms with Crippen LogP contribution in [0.5, 0.6) is 0 Å². The minimum atomic E-state index is -4.48. The molecule has 186 valence electrons. The second kappa shape index (κ2) is 8.29. The predicted molar refractivity (Wildman–Crippen MR) is 127 cm³/mol. The SMILES string of the molecule is CC(=O)c1ccc([C@H]2C[C@@]3(C)C(CC[C@@]3(O)C=CC(F)(F)F)C3CCC4=CC(=O)CCC4=C32)cc1. The van der Waals surface area contributed by atoms with Gasteiger partial charge in [-0.1, -0.05) is 36.8 Å². The second-order valence-electron chi connectivity index (χ2n) is 11.0. The summed E-state index contributed by atoms with van der Waals surface area (Å²) in [5, 5.41) is 11.6. The van der Waals surface area contributed by atoms with Gasteiger partial charge in [0.25, 0.3) is 0 Å². The number of halogens is 3. The fourth-order valence-corrected chi connectivity index (χ4v) is 7.45. The number of carbonyl (C=O) groups excluding carboxylic acids is 2. The first-order valence-electron chi connectivity index (χ1n) is 12.5. The number of benzene rings is 1. The van der Waals surface area contributed by atoms with Crippen molar-refractivity contribution >= 4 is 11.6 Å². The minimum absolute atomic E-state index is 0.0248. The van der Waals surface area contributed by atoms with Crippen LogP contribution in [0.3, 0.4) is 0 Å². The van der Waals surface area contributed by atoms with Gasteiger partial charge >= 0.3 is 6.18 Å². The molecule has 1 aromatic rings. The maximum Gasteiger partial charge on any atom is 0.409 e. The van der Waals surface area contributed by atoms with Crippen molar-refractivity contribution in [3.63, 3.8) is 0 Å². The molecular formula is C29H31F3O3. The number of hydrogen-bond acceptors (Lipinski definition) is 3. The van der Waals surface area contributed by atoms with Gasteiger partial charge in [0.1, 0.15) is 0 Å². The van der Waals surface area contributed by atoms with E-state index in [9.17, 15) is 27.9 Å². The summed E-state index contributed by atoms with van der Waals surface area (Å²) >= 11 is 0. The molecule has 0 aromatic heterocycles. The van der Waals surface area contributed by atoms with Crippen molar-refractivity contribution in [2.45, 2.75) is 76.5 Å². The molecule has 1 N–H and O–H groups in total. The van der Waals surface area contributed by atoms with Crippen LogP contribution in [0.25, 0.3) is 0 Å². The van der Waals surface area contributed by atoms with E-state index in [1.165, 1.54) is 18.1 Å². The molecule has 0 aliphatic heterocycles. The summed E-state index contributed by atoms with van der Waals surface area (Å²) in [6, 6.07) is 7.50. The minimum Gasteiger partial charge on any atom is -0.385 e. The van der Waals surface area contributed by atoms with Gasteiger partial charge in [-0.25, -0.2) is 0 Å². The van der Waals surface area contributed by atoms with Crippen LogP contribution in [-0.4, -0.2) is 28.5 Å². The van der Waals surface area contributed by atoms with E-state index in [1.54, 1.807) is 18.2 Å². The van der Waals surface area contributed by atoms with E-state index < -0.39 is 17.2 Å². The number of ketones is 2. The molecule has 5 atom stereocenters. The molecule has 2 saturated carbocycles. The van der Waals surface area contributed by atoms with Crippen molar-refractivity contribution in [1.29, 1.82) is 0 Å². The molecule has 6 heteroatoms. The lowest BCUT2D eigenvalue weighted by Gasteiger charge is -2.54. The Bertz CT molecular complexity index is 1160. The highest BCUT2D eigenvalue weighted by molar-refractivity contribution is 5.94. The Hall–Kier alpha value is -2.47. The molecule has 0 heterocycles. The molecule has 0 saturated heterocycles. The van der Waals surface area contributed by atoms with Crippen LogP contribution in [0.4, 0.5) is 13.2 Å². The van der Waals surface area contributed by atoms with Crippen LogP contribution >= 0.6 is 0 Å². The molecule has 35 heavy (non-hydrogen) atoms. The maximum absolute atomic E-state index is 13.1. The largest absolute Gasteiger partial charge is 0.409 e. The van der Waals surface area contributed by atoms with Gasteiger partial charge in [-0.15, -0.1) is 0 Å². The lowest BCUT2D eigenvalue weighted by molar-refractivity contribution is -0.114. The molecule has 2 fully saturated rings. The highest BCUT2D eigenvalue weighted by atomic mass is 19.4. The molecule has 4 aliphatic carbocycles. The zero-order valence-corrected chi connectivity index (χ0v) is 20.1. The van der Waals surface area contributed by atoms with Crippen molar-refractivity contribution in [2.75, 3.05) is 0 Å². The Kier molecular flexibility index (Phi) is 5.74. The average molecular weight is 485 g/mol. The van der Waals surface area contributed by atoms with Crippen molar-refractivity contribution in [2.24, 2.45) is 17.3 Å². The molecule has 3 nitrogen and oxygen atoms in total. The Labute approximate surface area is 203 Å². The number of carbonyl (C=O) groups is 2. The standard InChI is InChI=1S/C29H31F3O3/c1-17(33)18-3-5-19(6-4-18)24-16-27(2)25(11-12-28(27,35)13-14-29(30,31)32)23-9-7-20-15-21(34)8-10-22(20)26(23)24/h3-6,13-15,23-25,35H,7-12,16H2,1-2H3/t23?,24-,25?,27+,28-/m1/s1.